The lowest BCUT2D eigenvalue weighted by molar-refractivity contribution is 0.412. The van der Waals surface area contributed by atoms with E-state index in [0.717, 1.165) is 12.1 Å². The molecular formula is C16H24N2. The lowest BCUT2D eigenvalue weighted by atomic mass is 10.0. The molecule has 0 spiro atoms. The lowest BCUT2D eigenvalue weighted by Gasteiger charge is -2.35. The molecule has 1 N–H and O–H groups in total. The van der Waals surface area contributed by atoms with Crippen molar-refractivity contribution >= 4 is 5.69 Å². The van der Waals surface area contributed by atoms with Gasteiger partial charge in [-0.05, 0) is 51.2 Å². The summed E-state index contributed by atoms with van der Waals surface area (Å²) in [5.74, 6) is 0. The third-order valence-corrected chi connectivity index (χ3v) is 4.24. The smallest absolute Gasteiger partial charge is 0.0396 e. The maximum Gasteiger partial charge on any atom is 0.0396 e. The van der Waals surface area contributed by atoms with E-state index in [0.29, 0.717) is 0 Å². The third kappa shape index (κ3) is 2.69. The molecular weight excluding hydrogens is 220 g/mol. The highest BCUT2D eigenvalue weighted by Gasteiger charge is 2.27. The number of nitrogens with zero attached hydrogens (tertiary/aromatic N) is 1. The Kier molecular flexibility index (Phi) is 3.29. The number of hydrogen-bond acceptors (Lipinski definition) is 2. The van der Waals surface area contributed by atoms with Crippen molar-refractivity contribution in [1.82, 2.24) is 5.32 Å². The quantitative estimate of drug-likeness (QED) is 0.879. The van der Waals surface area contributed by atoms with Gasteiger partial charge in [-0.2, -0.15) is 0 Å². The molecule has 0 radical (unpaired) electrons. The Morgan fingerprint density at radius 3 is 2.28 bits per heavy atom. The molecule has 0 bridgehead atoms. The fourth-order valence-corrected chi connectivity index (χ4v) is 3.03. The van der Waals surface area contributed by atoms with Gasteiger partial charge in [0.1, 0.15) is 0 Å². The summed E-state index contributed by atoms with van der Waals surface area (Å²) in [4.78, 5) is 2.56. The number of anilines is 1. The maximum absolute atomic E-state index is 3.76. The van der Waals surface area contributed by atoms with Gasteiger partial charge < -0.3 is 10.2 Å². The van der Waals surface area contributed by atoms with Gasteiger partial charge in [0.05, 0.1) is 0 Å². The number of aryl methyl sites for hydroxylation is 2. The predicted octanol–water partition coefficient (Wildman–Crippen LogP) is 3.02. The summed E-state index contributed by atoms with van der Waals surface area (Å²) in [5, 5.41) is 3.76. The predicted molar refractivity (Wildman–Crippen MR) is 77.3 cm³/mol. The van der Waals surface area contributed by atoms with Crippen LogP contribution in [0.2, 0.25) is 0 Å². The summed E-state index contributed by atoms with van der Waals surface area (Å²) in [6, 6.07) is 8.43. The van der Waals surface area contributed by atoms with Gasteiger partial charge in [0.15, 0.2) is 0 Å². The summed E-state index contributed by atoms with van der Waals surface area (Å²) < 4.78 is 0. The van der Waals surface area contributed by atoms with Crippen molar-refractivity contribution in [3.63, 3.8) is 0 Å². The molecule has 1 aliphatic heterocycles. The molecule has 2 nitrogen and oxygen atoms in total. The molecule has 0 atom stereocenters. The van der Waals surface area contributed by atoms with Gasteiger partial charge in [0, 0.05) is 30.9 Å². The second-order valence-electron chi connectivity index (χ2n) is 5.99. The second kappa shape index (κ2) is 4.93. The highest BCUT2D eigenvalue weighted by atomic mass is 15.2. The largest absolute Gasteiger partial charge is 0.371 e. The van der Waals surface area contributed by atoms with E-state index in [1.807, 2.05) is 0 Å². The molecule has 1 aromatic carbocycles. The van der Waals surface area contributed by atoms with Crippen LogP contribution >= 0.6 is 0 Å². The molecule has 98 valence electrons. The Balaban J connectivity index is 1.60. The lowest BCUT2D eigenvalue weighted by Crippen LogP contribution is -2.43. The monoisotopic (exact) mass is 244 g/mol. The average molecular weight is 244 g/mol. The van der Waals surface area contributed by atoms with Crippen molar-refractivity contribution < 1.29 is 0 Å². The van der Waals surface area contributed by atoms with Crippen LogP contribution in [0.15, 0.2) is 18.2 Å². The molecule has 0 unspecified atom stereocenters. The number of hydrogen-bond donors (Lipinski definition) is 1. The normalized spacial score (nSPS) is 21.3. The molecule has 3 rings (SSSR count). The van der Waals surface area contributed by atoms with Crippen LogP contribution < -0.4 is 10.2 Å². The highest BCUT2D eigenvalue weighted by molar-refractivity contribution is 5.54. The average Bonchev–Trinajstić information content (AvgIpc) is 3.15. The van der Waals surface area contributed by atoms with Crippen LogP contribution in [0.3, 0.4) is 0 Å². The van der Waals surface area contributed by atoms with E-state index in [1.54, 1.807) is 0 Å². The Bertz CT molecular complexity index is 415. The Morgan fingerprint density at radius 1 is 1.00 bits per heavy atom. The summed E-state index contributed by atoms with van der Waals surface area (Å²) in [6.45, 7) is 6.81. The molecule has 2 fully saturated rings. The van der Waals surface area contributed by atoms with E-state index >= 15 is 0 Å². The Morgan fingerprint density at radius 2 is 1.67 bits per heavy atom. The molecule has 0 aromatic heterocycles. The molecule has 18 heavy (non-hydrogen) atoms. The van der Waals surface area contributed by atoms with E-state index in [2.05, 4.69) is 42.3 Å². The first-order valence-corrected chi connectivity index (χ1v) is 7.30. The second-order valence-corrected chi connectivity index (χ2v) is 5.99. The van der Waals surface area contributed by atoms with Gasteiger partial charge in [-0.3, -0.25) is 0 Å². The van der Waals surface area contributed by atoms with Crippen molar-refractivity contribution in [2.24, 2.45) is 0 Å². The van der Waals surface area contributed by atoms with E-state index < -0.39 is 0 Å². The molecule has 1 saturated heterocycles. The first-order chi connectivity index (χ1) is 8.72. The number of rotatable bonds is 3. The number of benzene rings is 1. The van der Waals surface area contributed by atoms with Crippen molar-refractivity contribution in [3.8, 4) is 0 Å². The molecule has 0 amide bonds. The molecule has 1 aliphatic carbocycles. The van der Waals surface area contributed by atoms with Crippen LogP contribution in [-0.2, 0) is 0 Å². The summed E-state index contributed by atoms with van der Waals surface area (Å²) >= 11 is 0. The van der Waals surface area contributed by atoms with E-state index in [1.165, 1.54) is 55.6 Å². The van der Waals surface area contributed by atoms with E-state index in [9.17, 15) is 0 Å². The summed E-state index contributed by atoms with van der Waals surface area (Å²) in [6.07, 6.45) is 5.39. The van der Waals surface area contributed by atoms with Gasteiger partial charge in [0.25, 0.3) is 0 Å². The summed E-state index contributed by atoms with van der Waals surface area (Å²) in [5.41, 5.74) is 4.22. The van der Waals surface area contributed by atoms with Crippen molar-refractivity contribution in [1.29, 1.82) is 0 Å². The molecule has 1 heterocycles. The first-order valence-electron chi connectivity index (χ1n) is 7.30. The van der Waals surface area contributed by atoms with Crippen LogP contribution in [-0.4, -0.2) is 25.2 Å². The molecule has 1 saturated carbocycles. The van der Waals surface area contributed by atoms with Gasteiger partial charge >= 0.3 is 0 Å². The first kappa shape index (κ1) is 12.0. The minimum absolute atomic E-state index is 0.763. The standard InChI is InChI=1S/C16H24N2/c1-12-3-6-16(13(2)11-12)18-9-7-15(8-10-18)17-14-4-5-14/h3,6,11,14-15,17H,4-5,7-10H2,1-2H3. The van der Waals surface area contributed by atoms with Gasteiger partial charge in [-0.1, -0.05) is 17.7 Å². The zero-order valence-corrected chi connectivity index (χ0v) is 11.6. The maximum atomic E-state index is 3.76. The minimum atomic E-state index is 0.763. The fourth-order valence-electron chi connectivity index (χ4n) is 3.03. The molecule has 1 aromatic rings. The minimum Gasteiger partial charge on any atom is -0.371 e. The Hall–Kier alpha value is -1.02. The van der Waals surface area contributed by atoms with Crippen molar-refractivity contribution in [2.45, 2.75) is 51.6 Å². The van der Waals surface area contributed by atoms with Crippen molar-refractivity contribution in [3.05, 3.63) is 29.3 Å². The van der Waals surface area contributed by atoms with Crippen LogP contribution in [0.5, 0.6) is 0 Å². The number of nitrogens with one attached hydrogen (secondary N) is 1. The van der Waals surface area contributed by atoms with Crippen LogP contribution in [0.4, 0.5) is 5.69 Å². The van der Waals surface area contributed by atoms with E-state index in [4.69, 9.17) is 0 Å². The van der Waals surface area contributed by atoms with E-state index in [-0.39, 0.29) is 0 Å². The van der Waals surface area contributed by atoms with Gasteiger partial charge in [-0.25, -0.2) is 0 Å². The summed E-state index contributed by atoms with van der Waals surface area (Å²) in [7, 11) is 0. The highest BCUT2D eigenvalue weighted by Crippen LogP contribution is 2.26. The molecule has 2 heteroatoms. The topological polar surface area (TPSA) is 15.3 Å². The van der Waals surface area contributed by atoms with Crippen molar-refractivity contribution in [2.75, 3.05) is 18.0 Å². The van der Waals surface area contributed by atoms with Gasteiger partial charge in [0.2, 0.25) is 0 Å². The number of piperidine rings is 1. The van der Waals surface area contributed by atoms with Gasteiger partial charge in [-0.15, -0.1) is 0 Å². The SMILES string of the molecule is Cc1ccc(N2CCC(NC3CC3)CC2)c(C)c1. The zero-order valence-electron chi connectivity index (χ0n) is 11.6. The molecule has 2 aliphatic rings. The van der Waals surface area contributed by atoms with Crippen LogP contribution in [0, 0.1) is 13.8 Å². The zero-order chi connectivity index (χ0) is 12.5. The Labute approximate surface area is 110 Å². The van der Waals surface area contributed by atoms with Crippen LogP contribution in [0.1, 0.15) is 36.8 Å². The third-order valence-electron chi connectivity index (χ3n) is 4.24. The van der Waals surface area contributed by atoms with Crippen LogP contribution in [0.25, 0.3) is 0 Å². The fraction of sp³-hybridized carbons (Fsp3) is 0.625.